The van der Waals surface area contributed by atoms with Crippen LogP contribution in [0.2, 0.25) is 0 Å². The molecule has 1 aromatic carbocycles. The molecule has 1 aliphatic heterocycles. The summed E-state index contributed by atoms with van der Waals surface area (Å²) in [5.41, 5.74) is 0.677. The second kappa shape index (κ2) is 16.4. The Morgan fingerprint density at radius 3 is 2.48 bits per heavy atom. The number of carbonyl (C=O) groups is 1. The average Bonchev–Trinajstić information content (AvgIpc) is 3.37. The fraction of sp³-hybridized carbons (Fsp3) is 0.706. The van der Waals surface area contributed by atoms with E-state index in [1.165, 1.54) is 45.1 Å². The maximum atomic E-state index is 14.4. The zero-order valence-electron chi connectivity index (χ0n) is 28.5. The van der Waals surface area contributed by atoms with E-state index in [1.807, 2.05) is 13.8 Å². The lowest BCUT2D eigenvalue weighted by molar-refractivity contribution is -0.0190. The topological polar surface area (TPSA) is 134 Å². The van der Waals surface area contributed by atoms with Gasteiger partial charge in [-0.05, 0) is 91.0 Å². The normalized spacial score (nSPS) is 23.4. The number of hydrogen-bond acceptors (Lipinski definition) is 9. The molecule has 0 saturated heterocycles. The van der Waals surface area contributed by atoms with Crippen molar-refractivity contribution in [1.82, 2.24) is 15.0 Å². The van der Waals surface area contributed by atoms with Crippen LogP contribution in [0.4, 0.5) is 5.69 Å². The van der Waals surface area contributed by atoms with Gasteiger partial charge in [-0.2, -0.15) is 0 Å². The van der Waals surface area contributed by atoms with E-state index >= 15 is 0 Å². The monoisotopic (exact) mass is 662 g/mol. The van der Waals surface area contributed by atoms with Gasteiger partial charge >= 0.3 is 0 Å². The summed E-state index contributed by atoms with van der Waals surface area (Å²) in [6.45, 7) is 11.5. The predicted octanol–water partition coefficient (Wildman–Crippen LogP) is 5.40. The lowest BCUT2D eigenvalue weighted by Crippen LogP contribution is -2.47. The number of rotatable bonds is 9. The number of nitrogens with zero attached hydrogens (tertiary/aromatic N) is 3. The second-order valence-electron chi connectivity index (χ2n) is 13.5. The molecule has 46 heavy (non-hydrogen) atoms. The highest BCUT2D eigenvalue weighted by Gasteiger charge is 2.31. The largest absolute Gasteiger partial charge is 0.490 e. The molecule has 2 N–H and O–H groups in total. The Morgan fingerprint density at radius 2 is 1.80 bits per heavy atom. The lowest BCUT2D eigenvalue weighted by atomic mass is 9.89. The van der Waals surface area contributed by atoms with E-state index in [4.69, 9.17) is 14.0 Å². The Labute approximate surface area is 275 Å². The number of amides is 1. The smallest absolute Gasteiger partial charge is 0.267 e. The van der Waals surface area contributed by atoms with Gasteiger partial charge in [0.25, 0.3) is 15.9 Å². The van der Waals surface area contributed by atoms with E-state index in [1.54, 1.807) is 24.0 Å². The van der Waals surface area contributed by atoms with Crippen molar-refractivity contribution in [2.75, 3.05) is 44.6 Å². The Kier molecular flexibility index (Phi) is 12.9. The molecular formula is C34H54N4O7S. The Morgan fingerprint density at radius 1 is 1.09 bits per heavy atom. The molecule has 0 spiro atoms. The van der Waals surface area contributed by atoms with Crippen LogP contribution in [0.3, 0.4) is 0 Å². The van der Waals surface area contributed by atoms with Crippen LogP contribution in [0.1, 0.15) is 93.9 Å². The summed E-state index contributed by atoms with van der Waals surface area (Å²) in [4.78, 5) is 18.4. The van der Waals surface area contributed by atoms with Crippen molar-refractivity contribution in [3.63, 3.8) is 0 Å². The van der Waals surface area contributed by atoms with E-state index in [0.717, 1.165) is 32.4 Å². The maximum absolute atomic E-state index is 14.4. The third-order valence-electron chi connectivity index (χ3n) is 9.33. The number of anilines is 1. The molecule has 1 aromatic heterocycles. The minimum Gasteiger partial charge on any atom is -0.490 e. The van der Waals surface area contributed by atoms with E-state index in [0.29, 0.717) is 24.8 Å². The molecule has 0 unspecified atom stereocenters. The zero-order chi connectivity index (χ0) is 33.4. The van der Waals surface area contributed by atoms with E-state index in [-0.39, 0.29) is 58.2 Å². The molecule has 12 heteroatoms. The van der Waals surface area contributed by atoms with Crippen LogP contribution in [-0.4, -0.2) is 92.5 Å². The first-order valence-electron chi connectivity index (χ1n) is 16.9. The van der Waals surface area contributed by atoms with E-state index < -0.39 is 16.1 Å². The van der Waals surface area contributed by atoms with Crippen LogP contribution < -0.4 is 9.46 Å². The SMILES string of the molecule is Cc1noc(C)c1S(=O)(=O)Nc1ccc2c(c1)C(=O)N([C@H](C)CO)C[C@H](C)[C@H](CN(C)CC1CCCCC1)OCCCC[C@@H](C)O2. The number of likely N-dealkylation sites (N-methyl/N-ethyl adjacent to an activating group) is 1. The molecule has 4 atom stereocenters. The molecule has 2 aromatic rings. The van der Waals surface area contributed by atoms with Gasteiger partial charge < -0.3 is 28.9 Å². The first-order chi connectivity index (χ1) is 21.9. The van der Waals surface area contributed by atoms with Crippen molar-refractivity contribution in [3.05, 3.63) is 35.2 Å². The summed E-state index contributed by atoms with van der Waals surface area (Å²) < 4.78 is 47.1. The highest BCUT2D eigenvalue weighted by molar-refractivity contribution is 7.92. The van der Waals surface area contributed by atoms with Crippen molar-refractivity contribution in [1.29, 1.82) is 0 Å². The molecule has 0 radical (unpaired) electrons. The third kappa shape index (κ3) is 9.45. The van der Waals surface area contributed by atoms with Crippen molar-refractivity contribution in [3.8, 4) is 5.75 Å². The summed E-state index contributed by atoms with van der Waals surface area (Å²) in [6.07, 6.45) is 8.79. The summed E-state index contributed by atoms with van der Waals surface area (Å²) in [5, 5.41) is 14.0. The molecule has 4 rings (SSSR count). The summed E-state index contributed by atoms with van der Waals surface area (Å²) in [6, 6.07) is 4.25. The van der Waals surface area contributed by atoms with Gasteiger partial charge in [-0.25, -0.2) is 8.42 Å². The van der Waals surface area contributed by atoms with Gasteiger partial charge in [-0.15, -0.1) is 0 Å². The second-order valence-corrected chi connectivity index (χ2v) is 15.1. The third-order valence-corrected chi connectivity index (χ3v) is 11.0. The predicted molar refractivity (Wildman–Crippen MR) is 178 cm³/mol. The van der Waals surface area contributed by atoms with Crippen LogP contribution >= 0.6 is 0 Å². The van der Waals surface area contributed by atoms with E-state index in [2.05, 4.69) is 28.8 Å². The number of aliphatic hydroxyl groups excluding tert-OH is 1. The molecule has 1 aliphatic carbocycles. The number of aryl methyl sites for hydroxylation is 2. The number of nitrogens with one attached hydrogen (secondary N) is 1. The molecule has 2 aliphatic rings. The molecule has 1 fully saturated rings. The van der Waals surface area contributed by atoms with Gasteiger partial charge in [0.15, 0.2) is 10.7 Å². The van der Waals surface area contributed by atoms with Crippen LogP contribution in [0.25, 0.3) is 0 Å². The number of sulfonamides is 1. The van der Waals surface area contributed by atoms with Crippen molar-refractivity contribution >= 4 is 21.6 Å². The lowest BCUT2D eigenvalue weighted by Gasteiger charge is -2.36. The standard InChI is InChI=1S/C34H54N4O7S/c1-23-19-38(24(2)22-39)34(40)30-18-29(36-46(41,42)33-26(4)35-45-27(33)5)15-16-31(30)44-25(3)12-10-11-17-43-32(23)21-37(6)20-28-13-8-7-9-14-28/h15-16,18,23-25,28,32,36,39H,7-14,17,19-22H2,1-6H3/t23-,24+,25+,32-/m0/s1. The molecule has 2 heterocycles. The Bertz CT molecular complexity index is 1370. The van der Waals surface area contributed by atoms with Gasteiger partial charge in [0, 0.05) is 37.8 Å². The average molecular weight is 663 g/mol. The van der Waals surface area contributed by atoms with Crippen molar-refractivity contribution in [2.24, 2.45) is 11.8 Å². The maximum Gasteiger partial charge on any atom is 0.267 e. The minimum absolute atomic E-state index is 0.0285. The summed E-state index contributed by atoms with van der Waals surface area (Å²) >= 11 is 0. The van der Waals surface area contributed by atoms with Crippen LogP contribution in [0.5, 0.6) is 5.75 Å². The number of fused-ring (bicyclic) bond motifs is 1. The first kappa shape index (κ1) is 36.2. The fourth-order valence-corrected chi connectivity index (χ4v) is 8.09. The Hall–Kier alpha value is -2.67. The molecular weight excluding hydrogens is 608 g/mol. The quantitative estimate of drug-likeness (QED) is 0.362. The van der Waals surface area contributed by atoms with Gasteiger partial charge in [0.05, 0.1) is 30.4 Å². The molecule has 1 saturated carbocycles. The molecule has 258 valence electrons. The number of aromatic nitrogens is 1. The highest BCUT2D eigenvalue weighted by Crippen LogP contribution is 2.31. The van der Waals surface area contributed by atoms with Gasteiger partial charge in [0.2, 0.25) is 0 Å². The number of carbonyl (C=O) groups excluding carboxylic acids is 1. The number of ether oxygens (including phenoxy) is 2. The van der Waals surface area contributed by atoms with Gasteiger partial charge in [0.1, 0.15) is 11.4 Å². The summed E-state index contributed by atoms with van der Waals surface area (Å²) in [5.74, 6) is 0.883. The van der Waals surface area contributed by atoms with Crippen molar-refractivity contribution in [2.45, 2.75) is 109 Å². The number of hydrogen-bond donors (Lipinski definition) is 2. The zero-order valence-corrected chi connectivity index (χ0v) is 29.3. The number of benzene rings is 1. The van der Waals surface area contributed by atoms with Crippen LogP contribution in [0, 0.1) is 25.7 Å². The first-order valence-corrected chi connectivity index (χ1v) is 18.4. The number of aliphatic hydroxyl groups is 1. The van der Waals surface area contributed by atoms with Gasteiger partial charge in [-0.1, -0.05) is 31.3 Å². The molecule has 1 amide bonds. The van der Waals surface area contributed by atoms with E-state index in [9.17, 15) is 18.3 Å². The molecule has 11 nitrogen and oxygen atoms in total. The summed E-state index contributed by atoms with van der Waals surface area (Å²) in [7, 11) is -1.88. The van der Waals surface area contributed by atoms with Gasteiger partial charge in [-0.3, -0.25) is 9.52 Å². The fourth-order valence-electron chi connectivity index (χ4n) is 6.71. The highest BCUT2D eigenvalue weighted by atomic mass is 32.2. The van der Waals surface area contributed by atoms with Crippen LogP contribution in [-0.2, 0) is 14.8 Å². The van der Waals surface area contributed by atoms with Crippen LogP contribution in [0.15, 0.2) is 27.6 Å². The van der Waals surface area contributed by atoms with Crippen molar-refractivity contribution < 1.29 is 32.3 Å². The Balaban J connectivity index is 1.63. The minimum atomic E-state index is -4.04. The molecule has 0 bridgehead atoms.